The molecule has 0 aliphatic heterocycles. The molecule has 0 aliphatic carbocycles. The molecule has 3 heteroatoms. The third-order valence-corrected chi connectivity index (χ3v) is 3.93. The third-order valence-electron chi connectivity index (χ3n) is 3.93. The molecule has 3 nitrogen and oxygen atoms in total. The minimum atomic E-state index is -0.337. The number of hydrogen-bond donors (Lipinski definition) is 0. The average molecular weight is 327 g/mol. The van der Waals surface area contributed by atoms with Crippen LogP contribution in [0.3, 0.4) is 0 Å². The predicted molar refractivity (Wildman–Crippen MR) is 96.0 cm³/mol. The third kappa shape index (κ3) is 4.33. The maximum absolute atomic E-state index is 12.5. The van der Waals surface area contributed by atoms with Crippen LogP contribution in [0.5, 0.6) is 0 Å². The van der Waals surface area contributed by atoms with Gasteiger partial charge in [0.2, 0.25) is 0 Å². The van der Waals surface area contributed by atoms with Gasteiger partial charge in [0.1, 0.15) is 6.61 Å². The highest BCUT2D eigenvalue weighted by Gasteiger charge is 2.13. The number of ether oxygens (including phenoxy) is 1. The van der Waals surface area contributed by atoms with Gasteiger partial charge in [-0.15, -0.1) is 0 Å². The molecular weight excluding hydrogens is 310 g/mol. The van der Waals surface area contributed by atoms with Crippen molar-refractivity contribution in [3.8, 4) is 6.07 Å². The molecule has 0 bridgehead atoms. The van der Waals surface area contributed by atoms with Gasteiger partial charge in [0.05, 0.1) is 17.2 Å². The summed E-state index contributed by atoms with van der Waals surface area (Å²) in [5.41, 5.74) is 4.12. The fourth-order valence-corrected chi connectivity index (χ4v) is 2.59. The summed E-state index contributed by atoms with van der Waals surface area (Å²) in [6, 6.07) is 26.6. The second-order valence-electron chi connectivity index (χ2n) is 5.70. The van der Waals surface area contributed by atoms with Gasteiger partial charge >= 0.3 is 5.97 Å². The van der Waals surface area contributed by atoms with Gasteiger partial charge in [-0.2, -0.15) is 5.26 Å². The molecule has 0 amide bonds. The normalized spacial score (nSPS) is 10.0. The lowest BCUT2D eigenvalue weighted by Gasteiger charge is -2.10. The smallest absolute Gasteiger partial charge is 0.338 e. The Morgan fingerprint density at radius 3 is 2.24 bits per heavy atom. The molecule has 3 aromatic rings. The van der Waals surface area contributed by atoms with Crippen LogP contribution in [-0.4, -0.2) is 5.97 Å². The SMILES string of the molecule is N#Cc1ccc(COC(=O)c2ccccc2Cc2ccccc2)cc1. The van der Waals surface area contributed by atoms with Crippen molar-refractivity contribution in [3.63, 3.8) is 0 Å². The quantitative estimate of drug-likeness (QED) is 0.648. The van der Waals surface area contributed by atoms with E-state index in [1.54, 1.807) is 30.3 Å². The Hall–Kier alpha value is -3.38. The van der Waals surface area contributed by atoms with E-state index in [-0.39, 0.29) is 12.6 Å². The monoisotopic (exact) mass is 327 g/mol. The molecule has 0 aliphatic rings. The highest BCUT2D eigenvalue weighted by Crippen LogP contribution is 2.16. The maximum atomic E-state index is 12.5. The van der Waals surface area contributed by atoms with E-state index in [0.717, 1.165) is 16.7 Å². The van der Waals surface area contributed by atoms with Crippen LogP contribution in [0.25, 0.3) is 0 Å². The summed E-state index contributed by atoms with van der Waals surface area (Å²) in [4.78, 5) is 12.5. The van der Waals surface area contributed by atoms with E-state index in [1.807, 2.05) is 48.5 Å². The van der Waals surface area contributed by atoms with Crippen molar-refractivity contribution < 1.29 is 9.53 Å². The zero-order valence-corrected chi connectivity index (χ0v) is 13.7. The number of esters is 1. The molecule has 25 heavy (non-hydrogen) atoms. The van der Waals surface area contributed by atoms with Gasteiger partial charge in [-0.05, 0) is 41.3 Å². The summed E-state index contributed by atoms with van der Waals surface area (Å²) in [7, 11) is 0. The Morgan fingerprint density at radius 2 is 1.52 bits per heavy atom. The maximum Gasteiger partial charge on any atom is 0.338 e. The Morgan fingerprint density at radius 1 is 0.840 bits per heavy atom. The van der Waals surface area contributed by atoms with E-state index in [0.29, 0.717) is 17.5 Å². The molecule has 0 saturated heterocycles. The minimum Gasteiger partial charge on any atom is -0.457 e. The molecule has 0 saturated carbocycles. The van der Waals surface area contributed by atoms with Gasteiger partial charge in [-0.3, -0.25) is 0 Å². The van der Waals surface area contributed by atoms with Crippen LogP contribution in [0.15, 0.2) is 78.9 Å². The number of hydrogen-bond acceptors (Lipinski definition) is 3. The molecule has 0 heterocycles. The second kappa shape index (κ2) is 7.94. The number of rotatable bonds is 5. The lowest BCUT2D eigenvalue weighted by Crippen LogP contribution is -2.08. The van der Waals surface area contributed by atoms with Crippen molar-refractivity contribution >= 4 is 5.97 Å². The number of carbonyl (C=O) groups is 1. The highest BCUT2D eigenvalue weighted by atomic mass is 16.5. The second-order valence-corrected chi connectivity index (χ2v) is 5.70. The molecule has 0 N–H and O–H groups in total. The van der Waals surface area contributed by atoms with Crippen molar-refractivity contribution in [2.24, 2.45) is 0 Å². The Balaban J connectivity index is 1.70. The highest BCUT2D eigenvalue weighted by molar-refractivity contribution is 5.91. The van der Waals surface area contributed by atoms with Crippen molar-refractivity contribution in [2.45, 2.75) is 13.0 Å². The predicted octanol–water partition coefficient (Wildman–Crippen LogP) is 4.51. The lowest BCUT2D eigenvalue weighted by molar-refractivity contribution is 0.0471. The van der Waals surface area contributed by atoms with Gasteiger partial charge in [0, 0.05) is 0 Å². The molecule has 122 valence electrons. The van der Waals surface area contributed by atoms with Gasteiger partial charge in [-0.25, -0.2) is 4.79 Å². The van der Waals surface area contributed by atoms with Gasteiger partial charge in [-0.1, -0.05) is 60.7 Å². The summed E-state index contributed by atoms with van der Waals surface area (Å²) in [5, 5.41) is 8.81. The summed E-state index contributed by atoms with van der Waals surface area (Å²) in [5.74, 6) is -0.337. The van der Waals surface area contributed by atoms with E-state index in [1.165, 1.54) is 0 Å². The first-order chi connectivity index (χ1) is 12.3. The van der Waals surface area contributed by atoms with Crippen LogP contribution in [-0.2, 0) is 17.8 Å². The van der Waals surface area contributed by atoms with Gasteiger partial charge < -0.3 is 4.74 Å². The van der Waals surface area contributed by atoms with Gasteiger partial charge in [0.25, 0.3) is 0 Å². The number of nitrogens with zero attached hydrogens (tertiary/aromatic N) is 1. The minimum absolute atomic E-state index is 0.185. The van der Waals surface area contributed by atoms with E-state index in [2.05, 4.69) is 6.07 Å². The zero-order chi connectivity index (χ0) is 17.5. The first-order valence-electron chi connectivity index (χ1n) is 8.04. The lowest BCUT2D eigenvalue weighted by atomic mass is 10.00. The Kier molecular flexibility index (Phi) is 5.23. The summed E-state index contributed by atoms with van der Waals surface area (Å²) in [6.45, 7) is 0.185. The van der Waals surface area contributed by atoms with Crippen LogP contribution < -0.4 is 0 Å². The molecule has 0 radical (unpaired) electrons. The summed E-state index contributed by atoms with van der Waals surface area (Å²) >= 11 is 0. The summed E-state index contributed by atoms with van der Waals surface area (Å²) < 4.78 is 5.44. The molecule has 0 spiro atoms. The van der Waals surface area contributed by atoms with E-state index in [4.69, 9.17) is 10.00 Å². The van der Waals surface area contributed by atoms with E-state index in [9.17, 15) is 4.79 Å². The number of carbonyl (C=O) groups excluding carboxylic acids is 1. The van der Waals surface area contributed by atoms with Crippen LogP contribution in [0.2, 0.25) is 0 Å². The molecule has 3 rings (SSSR count). The molecule has 0 aromatic heterocycles. The Labute approximate surface area is 147 Å². The first kappa shape index (κ1) is 16.5. The van der Waals surface area contributed by atoms with Crippen molar-refractivity contribution in [1.29, 1.82) is 5.26 Å². The zero-order valence-electron chi connectivity index (χ0n) is 13.7. The number of benzene rings is 3. The van der Waals surface area contributed by atoms with Crippen molar-refractivity contribution in [3.05, 3.63) is 107 Å². The molecule has 0 unspecified atom stereocenters. The molecule has 3 aromatic carbocycles. The average Bonchev–Trinajstić information content (AvgIpc) is 2.68. The molecule has 0 atom stereocenters. The number of nitriles is 1. The molecule has 0 fully saturated rings. The fourth-order valence-electron chi connectivity index (χ4n) is 2.59. The largest absolute Gasteiger partial charge is 0.457 e. The van der Waals surface area contributed by atoms with E-state index < -0.39 is 0 Å². The van der Waals surface area contributed by atoms with Gasteiger partial charge in [0.15, 0.2) is 0 Å². The summed E-state index contributed by atoms with van der Waals surface area (Å²) in [6.07, 6.45) is 0.684. The van der Waals surface area contributed by atoms with Crippen LogP contribution in [0.1, 0.15) is 32.6 Å². The van der Waals surface area contributed by atoms with Crippen molar-refractivity contribution in [1.82, 2.24) is 0 Å². The topological polar surface area (TPSA) is 50.1 Å². The molecular formula is C22H17NO2. The van der Waals surface area contributed by atoms with Crippen molar-refractivity contribution in [2.75, 3.05) is 0 Å². The van der Waals surface area contributed by atoms with E-state index >= 15 is 0 Å². The van der Waals surface area contributed by atoms with Crippen LogP contribution in [0.4, 0.5) is 0 Å². The first-order valence-corrected chi connectivity index (χ1v) is 8.04. The standard InChI is InChI=1S/C22H17NO2/c23-15-18-10-12-19(13-11-18)16-25-22(24)21-9-5-4-8-20(21)14-17-6-2-1-3-7-17/h1-13H,14,16H2. The van der Waals surface area contributed by atoms with Crippen LogP contribution >= 0.6 is 0 Å². The fraction of sp³-hybridized carbons (Fsp3) is 0.0909. The Bertz CT molecular complexity index is 893. The van der Waals surface area contributed by atoms with Crippen LogP contribution in [0, 0.1) is 11.3 Å².